The van der Waals surface area contributed by atoms with E-state index in [0.29, 0.717) is 5.69 Å². The molecule has 0 aliphatic carbocycles. The summed E-state index contributed by atoms with van der Waals surface area (Å²) < 4.78 is 1.71. The SMILES string of the molecule is CCC(N)Cc1ccc(-n2ccc(C(=O)N(C)C)n2)cc1. The van der Waals surface area contributed by atoms with Gasteiger partial charge in [0.15, 0.2) is 5.69 Å². The lowest BCUT2D eigenvalue weighted by molar-refractivity contribution is 0.0821. The van der Waals surface area contributed by atoms with E-state index >= 15 is 0 Å². The molecular weight excluding hydrogens is 264 g/mol. The molecule has 0 aliphatic heterocycles. The summed E-state index contributed by atoms with van der Waals surface area (Å²) in [6.45, 7) is 2.09. The third-order valence-electron chi connectivity index (χ3n) is 3.44. The quantitative estimate of drug-likeness (QED) is 0.912. The normalized spacial score (nSPS) is 12.2. The summed E-state index contributed by atoms with van der Waals surface area (Å²) in [6, 6.07) is 10.0. The van der Waals surface area contributed by atoms with Gasteiger partial charge in [0.05, 0.1) is 5.69 Å². The van der Waals surface area contributed by atoms with E-state index in [-0.39, 0.29) is 11.9 Å². The highest BCUT2D eigenvalue weighted by Gasteiger charge is 2.11. The Bertz CT molecular complexity index is 601. The average molecular weight is 286 g/mol. The molecule has 2 aromatic rings. The number of nitrogens with zero attached hydrogens (tertiary/aromatic N) is 3. The van der Waals surface area contributed by atoms with E-state index in [0.717, 1.165) is 18.5 Å². The number of aromatic nitrogens is 2. The van der Waals surface area contributed by atoms with Crippen molar-refractivity contribution in [1.29, 1.82) is 0 Å². The van der Waals surface area contributed by atoms with E-state index in [1.54, 1.807) is 31.0 Å². The van der Waals surface area contributed by atoms with Crippen LogP contribution >= 0.6 is 0 Å². The van der Waals surface area contributed by atoms with E-state index in [1.165, 1.54) is 10.5 Å². The average Bonchev–Trinajstić information content (AvgIpc) is 2.96. The van der Waals surface area contributed by atoms with Gasteiger partial charge in [-0.2, -0.15) is 5.10 Å². The summed E-state index contributed by atoms with van der Waals surface area (Å²) in [6.07, 6.45) is 3.64. The van der Waals surface area contributed by atoms with Crippen LogP contribution in [0.3, 0.4) is 0 Å². The number of benzene rings is 1. The fourth-order valence-electron chi connectivity index (χ4n) is 2.04. The van der Waals surface area contributed by atoms with Crippen molar-refractivity contribution in [3.05, 3.63) is 47.8 Å². The Hall–Kier alpha value is -2.14. The van der Waals surface area contributed by atoms with Crippen molar-refractivity contribution >= 4 is 5.91 Å². The van der Waals surface area contributed by atoms with Crippen molar-refractivity contribution in [3.8, 4) is 5.69 Å². The van der Waals surface area contributed by atoms with Gasteiger partial charge >= 0.3 is 0 Å². The summed E-state index contributed by atoms with van der Waals surface area (Å²) in [5.41, 5.74) is 8.55. The molecule has 21 heavy (non-hydrogen) atoms. The lowest BCUT2D eigenvalue weighted by atomic mass is 10.0. The molecule has 0 aliphatic rings. The van der Waals surface area contributed by atoms with E-state index in [9.17, 15) is 4.79 Å². The minimum atomic E-state index is -0.0979. The number of carbonyl (C=O) groups excluding carboxylic acids is 1. The molecule has 1 heterocycles. The minimum Gasteiger partial charge on any atom is -0.343 e. The lowest BCUT2D eigenvalue weighted by Gasteiger charge is -2.09. The highest BCUT2D eigenvalue weighted by molar-refractivity contribution is 5.91. The smallest absolute Gasteiger partial charge is 0.273 e. The molecule has 0 saturated carbocycles. The van der Waals surface area contributed by atoms with Crippen LogP contribution in [0.15, 0.2) is 36.5 Å². The Morgan fingerprint density at radius 2 is 1.95 bits per heavy atom. The predicted molar refractivity (Wildman–Crippen MR) is 83.6 cm³/mol. The topological polar surface area (TPSA) is 64.2 Å². The van der Waals surface area contributed by atoms with Crippen molar-refractivity contribution in [2.24, 2.45) is 5.73 Å². The Labute approximate surface area is 125 Å². The van der Waals surface area contributed by atoms with Crippen LogP contribution in [-0.2, 0) is 6.42 Å². The maximum Gasteiger partial charge on any atom is 0.273 e. The Morgan fingerprint density at radius 3 is 2.52 bits per heavy atom. The number of nitrogens with two attached hydrogens (primary N) is 1. The van der Waals surface area contributed by atoms with Gasteiger partial charge in [0.25, 0.3) is 5.91 Å². The van der Waals surface area contributed by atoms with E-state index in [4.69, 9.17) is 5.73 Å². The maximum absolute atomic E-state index is 11.8. The van der Waals surface area contributed by atoms with Crippen LogP contribution in [0.25, 0.3) is 5.69 Å². The fourth-order valence-corrected chi connectivity index (χ4v) is 2.04. The second-order valence-electron chi connectivity index (χ2n) is 5.38. The van der Waals surface area contributed by atoms with Gasteiger partial charge in [0, 0.05) is 26.3 Å². The summed E-state index contributed by atoms with van der Waals surface area (Å²) >= 11 is 0. The van der Waals surface area contributed by atoms with Gasteiger partial charge in [0.1, 0.15) is 0 Å². The largest absolute Gasteiger partial charge is 0.343 e. The van der Waals surface area contributed by atoms with E-state index in [1.807, 2.05) is 12.1 Å². The molecule has 2 N–H and O–H groups in total. The van der Waals surface area contributed by atoms with Gasteiger partial charge in [0.2, 0.25) is 0 Å². The number of hydrogen-bond donors (Lipinski definition) is 1. The molecule has 0 bridgehead atoms. The van der Waals surface area contributed by atoms with Crippen LogP contribution < -0.4 is 5.73 Å². The van der Waals surface area contributed by atoms with Crippen molar-refractivity contribution in [2.45, 2.75) is 25.8 Å². The lowest BCUT2D eigenvalue weighted by Crippen LogP contribution is -2.22. The summed E-state index contributed by atoms with van der Waals surface area (Å²) in [4.78, 5) is 13.3. The van der Waals surface area contributed by atoms with Crippen molar-refractivity contribution in [1.82, 2.24) is 14.7 Å². The van der Waals surface area contributed by atoms with E-state index in [2.05, 4.69) is 24.2 Å². The molecule has 2 rings (SSSR count). The first-order chi connectivity index (χ1) is 10.0. The molecule has 0 fully saturated rings. The molecule has 0 saturated heterocycles. The van der Waals surface area contributed by atoms with Crippen molar-refractivity contribution in [2.75, 3.05) is 14.1 Å². The molecule has 5 nitrogen and oxygen atoms in total. The Morgan fingerprint density at radius 1 is 1.29 bits per heavy atom. The van der Waals surface area contributed by atoms with Gasteiger partial charge < -0.3 is 10.6 Å². The molecule has 1 aromatic heterocycles. The fraction of sp³-hybridized carbons (Fsp3) is 0.375. The van der Waals surface area contributed by atoms with Crippen LogP contribution in [0.5, 0.6) is 0 Å². The molecule has 1 unspecified atom stereocenters. The van der Waals surface area contributed by atoms with Crippen LogP contribution in [0.2, 0.25) is 0 Å². The zero-order valence-electron chi connectivity index (χ0n) is 12.8. The van der Waals surface area contributed by atoms with Gasteiger partial charge in [-0.1, -0.05) is 19.1 Å². The monoisotopic (exact) mass is 286 g/mol. The van der Waals surface area contributed by atoms with Gasteiger partial charge in [-0.05, 0) is 36.6 Å². The molecule has 0 radical (unpaired) electrons. The van der Waals surface area contributed by atoms with Crippen molar-refractivity contribution < 1.29 is 4.79 Å². The first-order valence-corrected chi connectivity index (χ1v) is 7.13. The first-order valence-electron chi connectivity index (χ1n) is 7.13. The van der Waals surface area contributed by atoms with Crippen LogP contribution in [-0.4, -0.2) is 40.7 Å². The third-order valence-corrected chi connectivity index (χ3v) is 3.44. The highest BCUT2D eigenvalue weighted by Crippen LogP contribution is 2.12. The number of rotatable bonds is 5. The number of hydrogen-bond acceptors (Lipinski definition) is 3. The standard InChI is InChI=1S/C16H22N4O/c1-4-13(17)11-12-5-7-14(8-6-12)20-10-9-15(18-20)16(21)19(2)3/h5-10,13H,4,11,17H2,1-3H3. The molecule has 0 spiro atoms. The van der Waals surface area contributed by atoms with E-state index < -0.39 is 0 Å². The van der Waals surface area contributed by atoms with Crippen LogP contribution in [0.4, 0.5) is 0 Å². The Kier molecular flexibility index (Phi) is 4.75. The molecule has 1 aromatic carbocycles. The predicted octanol–water partition coefficient (Wildman–Crippen LogP) is 1.85. The third kappa shape index (κ3) is 3.70. The van der Waals surface area contributed by atoms with Crippen LogP contribution in [0.1, 0.15) is 29.4 Å². The van der Waals surface area contributed by atoms with Gasteiger partial charge in [-0.3, -0.25) is 4.79 Å². The molecule has 5 heteroatoms. The zero-order chi connectivity index (χ0) is 15.4. The second-order valence-corrected chi connectivity index (χ2v) is 5.38. The second kappa shape index (κ2) is 6.54. The molecule has 1 amide bonds. The minimum absolute atomic E-state index is 0.0979. The number of carbonyl (C=O) groups is 1. The molecule has 1 atom stereocenters. The first kappa shape index (κ1) is 15.3. The zero-order valence-corrected chi connectivity index (χ0v) is 12.8. The van der Waals surface area contributed by atoms with Gasteiger partial charge in [-0.25, -0.2) is 4.68 Å². The summed E-state index contributed by atoms with van der Waals surface area (Å²) in [5, 5.41) is 4.31. The maximum atomic E-state index is 11.8. The van der Waals surface area contributed by atoms with Crippen molar-refractivity contribution in [3.63, 3.8) is 0 Å². The summed E-state index contributed by atoms with van der Waals surface area (Å²) in [5.74, 6) is -0.0979. The van der Waals surface area contributed by atoms with Crippen LogP contribution in [0, 0.1) is 0 Å². The summed E-state index contributed by atoms with van der Waals surface area (Å²) in [7, 11) is 3.43. The Balaban J connectivity index is 2.14. The van der Waals surface area contributed by atoms with Gasteiger partial charge in [-0.15, -0.1) is 0 Å². The molecule has 112 valence electrons. The highest BCUT2D eigenvalue weighted by atomic mass is 16.2. The molecular formula is C16H22N4O. The number of amides is 1.